The summed E-state index contributed by atoms with van der Waals surface area (Å²) in [6, 6.07) is 5.50. The molecule has 2 aliphatic heterocycles. The first-order valence-corrected chi connectivity index (χ1v) is 11.5. The molecule has 0 bridgehead atoms. The molecule has 33 heavy (non-hydrogen) atoms. The Morgan fingerprint density at radius 2 is 2.21 bits per heavy atom. The maximum absolute atomic E-state index is 12.6. The van der Waals surface area contributed by atoms with E-state index >= 15 is 0 Å². The van der Waals surface area contributed by atoms with Gasteiger partial charge in [0.05, 0.1) is 18.3 Å². The standard InChI is InChI=1S/C24H27ClN6O2/c1-30-8-2-3-19(15-30)33-22-12-23(28-14-20(22)25)29-24(32)11-17-4-5-21(27-13-17)18-6-9-31(16-26)10-7-18/h4-6,12-14,19H,2-3,7-11,15H2,1H3,(H,28,29,32)/t19-/m0/s1. The van der Waals surface area contributed by atoms with Crippen LogP contribution >= 0.6 is 11.6 Å². The molecule has 0 radical (unpaired) electrons. The van der Waals surface area contributed by atoms with E-state index in [0.717, 1.165) is 49.2 Å². The third kappa shape index (κ3) is 6.21. The van der Waals surface area contributed by atoms with Crippen LogP contribution < -0.4 is 10.1 Å². The highest BCUT2D eigenvalue weighted by atomic mass is 35.5. The third-order valence-corrected chi connectivity index (χ3v) is 6.12. The molecule has 0 unspecified atom stereocenters. The van der Waals surface area contributed by atoms with E-state index in [0.29, 0.717) is 29.7 Å². The van der Waals surface area contributed by atoms with Crippen LogP contribution in [0.1, 0.15) is 30.5 Å². The van der Waals surface area contributed by atoms with E-state index in [-0.39, 0.29) is 18.4 Å². The van der Waals surface area contributed by atoms with Gasteiger partial charge in [0.2, 0.25) is 5.91 Å². The smallest absolute Gasteiger partial charge is 0.230 e. The highest BCUT2D eigenvalue weighted by molar-refractivity contribution is 6.32. The summed E-state index contributed by atoms with van der Waals surface area (Å²) in [6.07, 6.45) is 10.5. The number of halogens is 1. The number of amides is 1. The zero-order valence-corrected chi connectivity index (χ0v) is 19.4. The van der Waals surface area contributed by atoms with Crippen LogP contribution in [0.4, 0.5) is 5.82 Å². The normalized spacial score (nSPS) is 18.9. The maximum atomic E-state index is 12.6. The van der Waals surface area contributed by atoms with Gasteiger partial charge in [-0.3, -0.25) is 9.78 Å². The summed E-state index contributed by atoms with van der Waals surface area (Å²) in [5, 5.41) is 12.2. The van der Waals surface area contributed by atoms with Crippen molar-refractivity contribution in [3.63, 3.8) is 0 Å². The number of carbonyl (C=O) groups excluding carboxylic acids is 1. The van der Waals surface area contributed by atoms with Gasteiger partial charge in [-0.05, 0) is 50.1 Å². The SMILES string of the molecule is CN1CCC[C@H](Oc2cc(NC(=O)Cc3ccc(C4=CCN(C#N)CC4)nc3)ncc2Cl)C1. The number of hydrogen-bond donors (Lipinski definition) is 1. The second kappa shape index (κ2) is 10.6. The van der Waals surface area contributed by atoms with E-state index in [9.17, 15) is 4.79 Å². The molecule has 1 saturated heterocycles. The van der Waals surface area contributed by atoms with Gasteiger partial charge in [-0.1, -0.05) is 23.7 Å². The van der Waals surface area contributed by atoms with Crippen LogP contribution in [0.2, 0.25) is 5.02 Å². The van der Waals surface area contributed by atoms with Crippen LogP contribution in [-0.4, -0.2) is 65.0 Å². The number of pyridine rings is 2. The van der Waals surface area contributed by atoms with Crippen LogP contribution in [0.5, 0.6) is 5.75 Å². The number of anilines is 1. The number of piperidine rings is 1. The second-order valence-electron chi connectivity index (χ2n) is 8.45. The van der Waals surface area contributed by atoms with Gasteiger partial charge in [-0.2, -0.15) is 5.26 Å². The summed E-state index contributed by atoms with van der Waals surface area (Å²) < 4.78 is 6.08. The Kier molecular flexibility index (Phi) is 7.43. The van der Waals surface area contributed by atoms with E-state index in [4.69, 9.17) is 21.6 Å². The predicted octanol–water partition coefficient (Wildman–Crippen LogP) is 3.35. The van der Waals surface area contributed by atoms with Crippen LogP contribution in [0.15, 0.2) is 36.7 Å². The monoisotopic (exact) mass is 466 g/mol. The summed E-state index contributed by atoms with van der Waals surface area (Å²) in [6.45, 7) is 3.22. The lowest BCUT2D eigenvalue weighted by Crippen LogP contribution is -2.38. The zero-order chi connectivity index (χ0) is 23.2. The number of likely N-dealkylation sites (N-methyl/N-ethyl adjacent to an activating group) is 1. The largest absolute Gasteiger partial charge is 0.487 e. The first-order valence-electron chi connectivity index (χ1n) is 11.1. The number of nitriles is 1. The summed E-state index contributed by atoms with van der Waals surface area (Å²) in [5.74, 6) is 0.746. The van der Waals surface area contributed by atoms with E-state index < -0.39 is 0 Å². The molecule has 1 atom stereocenters. The van der Waals surface area contributed by atoms with Crippen molar-refractivity contribution in [2.45, 2.75) is 31.8 Å². The molecule has 1 amide bonds. The quantitative estimate of drug-likeness (QED) is 0.652. The molecule has 0 spiro atoms. The lowest BCUT2D eigenvalue weighted by Gasteiger charge is -2.30. The average Bonchev–Trinajstić information content (AvgIpc) is 2.82. The molecule has 2 aliphatic rings. The van der Waals surface area contributed by atoms with Crippen molar-refractivity contribution < 1.29 is 9.53 Å². The molecule has 4 rings (SSSR count). The van der Waals surface area contributed by atoms with E-state index in [1.54, 1.807) is 17.2 Å². The Morgan fingerprint density at radius 3 is 2.91 bits per heavy atom. The van der Waals surface area contributed by atoms with Crippen molar-refractivity contribution in [3.8, 4) is 11.9 Å². The molecule has 172 valence electrons. The Labute approximate surface area is 198 Å². The molecular weight excluding hydrogens is 440 g/mol. The molecule has 0 aromatic carbocycles. The predicted molar refractivity (Wildman–Crippen MR) is 127 cm³/mol. The van der Waals surface area contributed by atoms with E-state index in [1.165, 1.54) is 6.20 Å². The number of aromatic nitrogens is 2. The minimum absolute atomic E-state index is 0.0686. The second-order valence-corrected chi connectivity index (χ2v) is 8.85. The molecule has 1 N–H and O–H groups in total. The highest BCUT2D eigenvalue weighted by Gasteiger charge is 2.20. The Morgan fingerprint density at radius 1 is 1.33 bits per heavy atom. The maximum Gasteiger partial charge on any atom is 0.230 e. The van der Waals surface area contributed by atoms with E-state index in [1.807, 2.05) is 18.2 Å². The Bertz CT molecular complexity index is 1070. The van der Waals surface area contributed by atoms with Gasteiger partial charge in [-0.15, -0.1) is 0 Å². The fourth-order valence-electron chi connectivity index (χ4n) is 4.06. The summed E-state index contributed by atoms with van der Waals surface area (Å²) in [4.78, 5) is 25.2. The first-order chi connectivity index (χ1) is 16.0. The number of hydrogen-bond acceptors (Lipinski definition) is 7. The fraction of sp³-hybridized carbons (Fsp3) is 0.417. The van der Waals surface area contributed by atoms with Crippen molar-refractivity contribution in [3.05, 3.63) is 52.9 Å². The molecular formula is C24H27ClN6O2. The van der Waals surface area contributed by atoms with Crippen molar-refractivity contribution in [1.82, 2.24) is 19.8 Å². The summed E-state index contributed by atoms with van der Waals surface area (Å²) in [7, 11) is 2.07. The first kappa shape index (κ1) is 23.0. The van der Waals surface area contributed by atoms with Gasteiger partial charge >= 0.3 is 0 Å². The van der Waals surface area contributed by atoms with Gasteiger partial charge in [0.15, 0.2) is 6.19 Å². The minimum atomic E-state index is -0.190. The van der Waals surface area contributed by atoms with Gasteiger partial charge in [-0.25, -0.2) is 4.98 Å². The molecule has 4 heterocycles. The molecule has 2 aromatic rings. The highest BCUT2D eigenvalue weighted by Crippen LogP contribution is 2.28. The molecule has 0 aliphatic carbocycles. The van der Waals surface area contributed by atoms with Crippen molar-refractivity contribution in [1.29, 1.82) is 5.26 Å². The zero-order valence-electron chi connectivity index (χ0n) is 18.6. The number of rotatable bonds is 6. The van der Waals surface area contributed by atoms with Crippen LogP contribution in [-0.2, 0) is 11.2 Å². The van der Waals surface area contributed by atoms with Crippen molar-refractivity contribution in [2.75, 3.05) is 38.5 Å². The lowest BCUT2D eigenvalue weighted by molar-refractivity contribution is -0.115. The number of nitrogens with one attached hydrogen (secondary N) is 1. The molecule has 8 nitrogen and oxygen atoms in total. The van der Waals surface area contributed by atoms with E-state index in [2.05, 4.69) is 33.4 Å². The minimum Gasteiger partial charge on any atom is -0.487 e. The van der Waals surface area contributed by atoms with Crippen LogP contribution in [0.3, 0.4) is 0 Å². The summed E-state index contributed by atoms with van der Waals surface area (Å²) in [5.41, 5.74) is 2.81. The lowest BCUT2D eigenvalue weighted by atomic mass is 10.0. The molecule has 9 heteroatoms. The Hall–Kier alpha value is -3.15. The van der Waals surface area contributed by atoms with Crippen LogP contribution in [0.25, 0.3) is 5.57 Å². The molecule has 1 fully saturated rings. The summed E-state index contributed by atoms with van der Waals surface area (Å²) >= 11 is 6.27. The van der Waals surface area contributed by atoms with Crippen LogP contribution in [0, 0.1) is 11.5 Å². The van der Waals surface area contributed by atoms with Gasteiger partial charge in [0.1, 0.15) is 22.7 Å². The topological polar surface area (TPSA) is 94.4 Å². The van der Waals surface area contributed by atoms with Gasteiger partial charge < -0.3 is 19.9 Å². The van der Waals surface area contributed by atoms with Gasteiger partial charge in [0, 0.05) is 31.9 Å². The fourth-order valence-corrected chi connectivity index (χ4v) is 4.21. The Balaban J connectivity index is 1.34. The van der Waals surface area contributed by atoms with Crippen molar-refractivity contribution >= 4 is 28.9 Å². The average molecular weight is 467 g/mol. The van der Waals surface area contributed by atoms with Crippen molar-refractivity contribution in [2.24, 2.45) is 0 Å². The number of nitrogens with zero attached hydrogens (tertiary/aromatic N) is 5. The number of likely N-dealkylation sites (tertiary alicyclic amines) is 1. The number of carbonyl (C=O) groups is 1. The van der Waals surface area contributed by atoms with Gasteiger partial charge in [0.25, 0.3) is 0 Å². The molecule has 0 saturated carbocycles. The molecule has 2 aromatic heterocycles. The number of ether oxygens (including phenoxy) is 1. The third-order valence-electron chi connectivity index (χ3n) is 5.83.